The van der Waals surface area contributed by atoms with Crippen molar-refractivity contribution in [2.45, 2.75) is 25.9 Å². The Morgan fingerprint density at radius 2 is 1.78 bits per heavy atom. The van der Waals surface area contributed by atoms with Gasteiger partial charge in [-0.1, -0.05) is 13.0 Å². The van der Waals surface area contributed by atoms with Gasteiger partial charge in [-0.2, -0.15) is 0 Å². The van der Waals surface area contributed by atoms with Crippen molar-refractivity contribution < 1.29 is 0 Å². The molecule has 2 nitrogen and oxygen atoms in total. The molecule has 9 heavy (non-hydrogen) atoms. The molecule has 0 fully saturated rings. The number of hydrogen-bond donors (Lipinski definition) is 2. The maximum absolute atomic E-state index is 5.67. The average molecular weight is 128 g/mol. The molecule has 0 saturated heterocycles. The molecule has 0 aromatic carbocycles. The summed E-state index contributed by atoms with van der Waals surface area (Å²) in [6, 6.07) is 0.0977. The van der Waals surface area contributed by atoms with Crippen molar-refractivity contribution in [1.82, 2.24) is 0 Å². The van der Waals surface area contributed by atoms with E-state index in [4.69, 9.17) is 11.5 Å². The molecule has 0 spiro atoms. The van der Waals surface area contributed by atoms with Gasteiger partial charge in [0.25, 0.3) is 0 Å². The molecule has 0 saturated carbocycles. The van der Waals surface area contributed by atoms with Gasteiger partial charge in [-0.25, -0.2) is 0 Å². The van der Waals surface area contributed by atoms with E-state index >= 15 is 0 Å². The zero-order chi connectivity index (χ0) is 7.44. The molecule has 3 atom stereocenters. The summed E-state index contributed by atoms with van der Waals surface area (Å²) >= 11 is 0. The second-order valence-electron chi connectivity index (χ2n) is 2.53. The quantitative estimate of drug-likeness (QED) is 0.543. The Balaban J connectivity index is 3.71. The van der Waals surface area contributed by atoms with E-state index in [1.807, 2.05) is 19.9 Å². The molecule has 54 valence electrons. The second kappa shape index (κ2) is 3.64. The van der Waals surface area contributed by atoms with Gasteiger partial charge in [-0.3, -0.25) is 0 Å². The third-order valence-electron chi connectivity index (χ3n) is 1.59. The highest BCUT2D eigenvalue weighted by atomic mass is 14.8. The average Bonchev–Trinajstić information content (AvgIpc) is 1.84. The zero-order valence-electron chi connectivity index (χ0n) is 6.17. The standard InChI is InChI=1S/C7H16N2/c1-4-5(2)7(9)6(3)8/h4-7H,1,8-9H2,2-3H3. The van der Waals surface area contributed by atoms with Crippen LogP contribution in [0.2, 0.25) is 0 Å². The fourth-order valence-electron chi connectivity index (χ4n) is 0.636. The largest absolute Gasteiger partial charge is 0.327 e. The fourth-order valence-corrected chi connectivity index (χ4v) is 0.636. The molecule has 2 heteroatoms. The van der Waals surface area contributed by atoms with Gasteiger partial charge in [0.2, 0.25) is 0 Å². The van der Waals surface area contributed by atoms with E-state index in [-0.39, 0.29) is 12.1 Å². The van der Waals surface area contributed by atoms with Crippen molar-refractivity contribution in [2.75, 3.05) is 0 Å². The lowest BCUT2D eigenvalue weighted by molar-refractivity contribution is 0.467. The predicted molar refractivity (Wildman–Crippen MR) is 41.0 cm³/mol. The molecule has 0 aliphatic heterocycles. The van der Waals surface area contributed by atoms with E-state index in [9.17, 15) is 0 Å². The summed E-state index contributed by atoms with van der Waals surface area (Å²) in [4.78, 5) is 0. The summed E-state index contributed by atoms with van der Waals surface area (Å²) in [5.74, 6) is 0.310. The number of hydrogen-bond acceptors (Lipinski definition) is 2. The van der Waals surface area contributed by atoms with Crippen molar-refractivity contribution >= 4 is 0 Å². The maximum atomic E-state index is 5.67. The van der Waals surface area contributed by atoms with E-state index in [2.05, 4.69) is 6.58 Å². The van der Waals surface area contributed by atoms with Crippen LogP contribution in [0.25, 0.3) is 0 Å². The lowest BCUT2D eigenvalue weighted by Gasteiger charge is -2.19. The zero-order valence-corrected chi connectivity index (χ0v) is 6.17. The Kier molecular flexibility index (Phi) is 3.50. The molecule has 0 aromatic rings. The van der Waals surface area contributed by atoms with Crippen LogP contribution in [0, 0.1) is 5.92 Å². The Morgan fingerprint density at radius 3 is 1.89 bits per heavy atom. The van der Waals surface area contributed by atoms with Gasteiger partial charge in [0.05, 0.1) is 0 Å². The Bertz CT molecular complexity index is 88.9. The third-order valence-corrected chi connectivity index (χ3v) is 1.59. The normalized spacial score (nSPS) is 20.4. The minimum atomic E-state index is 0.0440. The van der Waals surface area contributed by atoms with E-state index in [1.165, 1.54) is 0 Å². The van der Waals surface area contributed by atoms with Gasteiger partial charge >= 0.3 is 0 Å². The van der Waals surface area contributed by atoms with Gasteiger partial charge in [-0.15, -0.1) is 6.58 Å². The second-order valence-corrected chi connectivity index (χ2v) is 2.53. The molecule has 0 rings (SSSR count). The van der Waals surface area contributed by atoms with E-state index in [1.54, 1.807) is 0 Å². The van der Waals surface area contributed by atoms with Crippen LogP contribution >= 0.6 is 0 Å². The first kappa shape index (κ1) is 8.66. The van der Waals surface area contributed by atoms with Crippen LogP contribution in [0.4, 0.5) is 0 Å². The summed E-state index contributed by atoms with van der Waals surface area (Å²) in [5, 5.41) is 0. The lowest BCUT2D eigenvalue weighted by Crippen LogP contribution is -2.42. The van der Waals surface area contributed by atoms with Crippen LogP contribution in [-0.4, -0.2) is 12.1 Å². The number of nitrogens with two attached hydrogens (primary N) is 2. The highest BCUT2D eigenvalue weighted by molar-refractivity contribution is 4.87. The van der Waals surface area contributed by atoms with Crippen LogP contribution in [0.1, 0.15) is 13.8 Å². The van der Waals surface area contributed by atoms with Crippen LogP contribution < -0.4 is 11.5 Å². The highest BCUT2D eigenvalue weighted by Crippen LogP contribution is 2.02. The lowest BCUT2D eigenvalue weighted by atomic mass is 9.98. The summed E-state index contributed by atoms with van der Waals surface area (Å²) in [7, 11) is 0. The van der Waals surface area contributed by atoms with E-state index < -0.39 is 0 Å². The minimum absolute atomic E-state index is 0.0440. The van der Waals surface area contributed by atoms with Crippen molar-refractivity contribution in [3.05, 3.63) is 12.7 Å². The van der Waals surface area contributed by atoms with Crippen LogP contribution in [0.15, 0.2) is 12.7 Å². The van der Waals surface area contributed by atoms with Crippen molar-refractivity contribution in [2.24, 2.45) is 17.4 Å². The van der Waals surface area contributed by atoms with Crippen LogP contribution in [-0.2, 0) is 0 Å². The van der Waals surface area contributed by atoms with Gasteiger partial charge in [0.1, 0.15) is 0 Å². The van der Waals surface area contributed by atoms with Gasteiger partial charge in [0, 0.05) is 12.1 Å². The molecule has 0 heterocycles. The van der Waals surface area contributed by atoms with Crippen molar-refractivity contribution in [1.29, 1.82) is 0 Å². The first-order valence-electron chi connectivity index (χ1n) is 3.23. The minimum Gasteiger partial charge on any atom is -0.327 e. The molecule has 4 N–H and O–H groups in total. The van der Waals surface area contributed by atoms with Gasteiger partial charge in [-0.05, 0) is 12.8 Å². The van der Waals surface area contributed by atoms with E-state index in [0.717, 1.165) is 0 Å². The van der Waals surface area contributed by atoms with Crippen molar-refractivity contribution in [3.8, 4) is 0 Å². The molecular weight excluding hydrogens is 112 g/mol. The summed E-state index contributed by atoms with van der Waals surface area (Å²) in [6.07, 6.45) is 1.83. The third kappa shape index (κ3) is 2.63. The van der Waals surface area contributed by atoms with Gasteiger partial charge < -0.3 is 11.5 Å². The molecule has 0 aliphatic carbocycles. The predicted octanol–water partition coefficient (Wildman–Crippen LogP) is 0.483. The molecule has 3 unspecified atom stereocenters. The Morgan fingerprint density at radius 1 is 1.33 bits per heavy atom. The number of rotatable bonds is 3. The Labute approximate surface area is 56.9 Å². The summed E-state index contributed by atoms with van der Waals surface area (Å²) in [5.41, 5.74) is 11.2. The molecule has 0 bridgehead atoms. The van der Waals surface area contributed by atoms with Crippen molar-refractivity contribution in [3.63, 3.8) is 0 Å². The van der Waals surface area contributed by atoms with Gasteiger partial charge in [0.15, 0.2) is 0 Å². The highest BCUT2D eigenvalue weighted by Gasteiger charge is 2.12. The van der Waals surface area contributed by atoms with E-state index in [0.29, 0.717) is 5.92 Å². The first-order chi connectivity index (χ1) is 4.09. The molecule has 0 radical (unpaired) electrons. The first-order valence-corrected chi connectivity index (χ1v) is 3.23. The molecule has 0 aliphatic rings. The smallest absolute Gasteiger partial charge is 0.0250 e. The summed E-state index contributed by atoms with van der Waals surface area (Å²) < 4.78 is 0. The fraction of sp³-hybridized carbons (Fsp3) is 0.714. The monoisotopic (exact) mass is 128 g/mol. The topological polar surface area (TPSA) is 52.0 Å². The summed E-state index contributed by atoms with van der Waals surface area (Å²) in [6.45, 7) is 7.55. The SMILES string of the molecule is C=CC(C)C(N)C(C)N. The Hall–Kier alpha value is -0.340. The maximum Gasteiger partial charge on any atom is 0.0250 e. The molecule has 0 aromatic heterocycles. The van der Waals surface area contributed by atoms with Crippen LogP contribution in [0.5, 0.6) is 0 Å². The molecular formula is C7H16N2. The van der Waals surface area contributed by atoms with Crippen LogP contribution in [0.3, 0.4) is 0 Å². The molecule has 0 amide bonds.